The molecule has 0 atom stereocenters. The Balaban J connectivity index is 1.91. The minimum absolute atomic E-state index is 0.0823. The number of aromatic nitrogens is 1. The van der Waals surface area contributed by atoms with Gasteiger partial charge in [-0.3, -0.25) is 9.59 Å². The van der Waals surface area contributed by atoms with Crippen molar-refractivity contribution < 1.29 is 4.79 Å². The zero-order chi connectivity index (χ0) is 17.0. The Kier molecular flexibility index (Phi) is 5.61. The van der Waals surface area contributed by atoms with Crippen molar-refractivity contribution in [3.63, 3.8) is 0 Å². The lowest BCUT2D eigenvalue weighted by Gasteiger charge is -2.08. The molecule has 1 amide bonds. The molecule has 2 aromatic rings. The van der Waals surface area contributed by atoms with E-state index in [1.165, 1.54) is 0 Å². The monoisotopic (exact) mass is 332 g/mol. The molecule has 5 heteroatoms. The predicted molar refractivity (Wildman–Crippen MR) is 92.9 cm³/mol. The topological polar surface area (TPSA) is 62.0 Å². The van der Waals surface area contributed by atoms with E-state index in [0.717, 1.165) is 22.4 Å². The Hall–Kier alpha value is -2.07. The van der Waals surface area contributed by atoms with Gasteiger partial charge in [0.15, 0.2) is 0 Å². The smallest absolute Gasteiger partial charge is 0.253 e. The molecule has 0 aliphatic heterocycles. The minimum Gasteiger partial charge on any atom is -0.352 e. The van der Waals surface area contributed by atoms with E-state index in [2.05, 4.69) is 10.3 Å². The molecule has 0 bridgehead atoms. The number of rotatable bonds is 5. The third-order valence-corrected chi connectivity index (χ3v) is 4.24. The van der Waals surface area contributed by atoms with Crippen molar-refractivity contribution in [1.29, 1.82) is 0 Å². The number of amides is 1. The number of aromatic amines is 1. The van der Waals surface area contributed by atoms with Gasteiger partial charge in [0.1, 0.15) is 0 Å². The van der Waals surface area contributed by atoms with Gasteiger partial charge in [0.25, 0.3) is 5.56 Å². The molecule has 23 heavy (non-hydrogen) atoms. The highest BCUT2D eigenvalue weighted by Gasteiger charge is 2.08. The van der Waals surface area contributed by atoms with Crippen molar-refractivity contribution in [2.45, 2.75) is 40.2 Å². The molecule has 0 unspecified atom stereocenters. The van der Waals surface area contributed by atoms with E-state index in [-0.39, 0.29) is 18.0 Å². The summed E-state index contributed by atoms with van der Waals surface area (Å²) in [5.74, 6) is -0.0823. The Bertz CT molecular complexity index is 781. The molecule has 0 spiro atoms. The average Bonchev–Trinajstić information content (AvgIpc) is 2.47. The molecule has 1 aromatic heterocycles. The van der Waals surface area contributed by atoms with Crippen LogP contribution in [0.1, 0.15) is 34.4 Å². The number of H-pyrrole nitrogens is 1. The predicted octanol–water partition coefficient (Wildman–Crippen LogP) is 3.20. The molecule has 0 saturated heterocycles. The lowest BCUT2D eigenvalue weighted by Crippen LogP contribution is -2.28. The van der Waals surface area contributed by atoms with Crippen molar-refractivity contribution in [2.75, 3.05) is 0 Å². The molecule has 0 radical (unpaired) electrons. The summed E-state index contributed by atoms with van der Waals surface area (Å²) in [5.41, 5.74) is 4.21. The number of carbonyl (C=O) groups excluding carboxylic acids is 1. The third-order valence-electron chi connectivity index (χ3n) is 3.83. The second-order valence-electron chi connectivity index (χ2n) is 5.80. The van der Waals surface area contributed by atoms with Crippen molar-refractivity contribution in [1.82, 2.24) is 10.3 Å². The molecule has 2 N–H and O–H groups in total. The summed E-state index contributed by atoms with van der Waals surface area (Å²) in [4.78, 5) is 26.6. The van der Waals surface area contributed by atoms with Crippen LogP contribution in [0.15, 0.2) is 29.1 Å². The van der Waals surface area contributed by atoms with Crippen LogP contribution in [0.4, 0.5) is 0 Å². The quantitative estimate of drug-likeness (QED) is 0.883. The lowest BCUT2D eigenvalue weighted by molar-refractivity contribution is -0.121. The number of hydrogen-bond donors (Lipinski definition) is 2. The first kappa shape index (κ1) is 17.3. The van der Waals surface area contributed by atoms with E-state index in [1.54, 1.807) is 0 Å². The van der Waals surface area contributed by atoms with Crippen LogP contribution >= 0.6 is 11.6 Å². The Morgan fingerprint density at radius 2 is 1.91 bits per heavy atom. The van der Waals surface area contributed by atoms with Gasteiger partial charge in [0.2, 0.25) is 5.91 Å². The van der Waals surface area contributed by atoms with E-state index in [4.69, 9.17) is 11.6 Å². The normalized spacial score (nSPS) is 10.6. The summed E-state index contributed by atoms with van der Waals surface area (Å²) in [6.45, 7) is 5.90. The number of halogens is 1. The van der Waals surface area contributed by atoms with Crippen LogP contribution in [0.25, 0.3) is 0 Å². The van der Waals surface area contributed by atoms with Crippen molar-refractivity contribution >= 4 is 17.5 Å². The fourth-order valence-electron chi connectivity index (χ4n) is 2.43. The molecule has 0 saturated carbocycles. The first-order valence-corrected chi connectivity index (χ1v) is 7.95. The highest BCUT2D eigenvalue weighted by atomic mass is 35.5. The van der Waals surface area contributed by atoms with Crippen molar-refractivity contribution in [3.05, 3.63) is 67.6 Å². The Morgan fingerprint density at radius 3 is 2.57 bits per heavy atom. The van der Waals surface area contributed by atoms with E-state index < -0.39 is 0 Å². The number of benzene rings is 1. The maximum Gasteiger partial charge on any atom is 0.253 e. The van der Waals surface area contributed by atoms with Gasteiger partial charge >= 0.3 is 0 Å². The molecular weight excluding hydrogens is 312 g/mol. The van der Waals surface area contributed by atoms with Gasteiger partial charge in [-0.2, -0.15) is 0 Å². The largest absolute Gasteiger partial charge is 0.352 e. The third kappa shape index (κ3) is 4.70. The lowest BCUT2D eigenvalue weighted by atomic mass is 10.1. The molecule has 1 heterocycles. The Morgan fingerprint density at radius 1 is 1.17 bits per heavy atom. The van der Waals surface area contributed by atoms with Gasteiger partial charge in [0, 0.05) is 29.2 Å². The van der Waals surface area contributed by atoms with Gasteiger partial charge in [0.05, 0.1) is 0 Å². The molecule has 122 valence electrons. The van der Waals surface area contributed by atoms with Crippen LogP contribution in [-0.2, 0) is 17.8 Å². The fourth-order valence-corrected chi connectivity index (χ4v) is 2.63. The SMILES string of the molecule is Cc1cc(C)c(CNC(=O)CCc2ccc(C)c(Cl)c2)c(=O)[nH]1. The van der Waals surface area contributed by atoms with E-state index >= 15 is 0 Å². The van der Waals surface area contributed by atoms with Crippen LogP contribution in [0.5, 0.6) is 0 Å². The van der Waals surface area contributed by atoms with Crippen molar-refractivity contribution in [3.8, 4) is 0 Å². The summed E-state index contributed by atoms with van der Waals surface area (Å²) >= 11 is 6.08. The second-order valence-corrected chi connectivity index (χ2v) is 6.21. The summed E-state index contributed by atoms with van der Waals surface area (Å²) in [7, 11) is 0. The maximum atomic E-state index is 12.0. The zero-order valence-electron chi connectivity index (χ0n) is 13.6. The minimum atomic E-state index is -0.145. The molecular formula is C18H21ClN2O2. The van der Waals surface area contributed by atoms with Gasteiger partial charge in [-0.1, -0.05) is 23.7 Å². The van der Waals surface area contributed by atoms with E-state index in [0.29, 0.717) is 23.4 Å². The first-order valence-electron chi connectivity index (χ1n) is 7.58. The van der Waals surface area contributed by atoms with Crippen LogP contribution in [0.3, 0.4) is 0 Å². The summed E-state index contributed by atoms with van der Waals surface area (Å²) in [6.07, 6.45) is 0.983. The molecule has 4 nitrogen and oxygen atoms in total. The number of nitrogens with one attached hydrogen (secondary N) is 2. The number of pyridine rings is 1. The van der Waals surface area contributed by atoms with Gasteiger partial charge in [-0.25, -0.2) is 0 Å². The highest BCUT2D eigenvalue weighted by molar-refractivity contribution is 6.31. The van der Waals surface area contributed by atoms with Crippen LogP contribution in [0, 0.1) is 20.8 Å². The second kappa shape index (κ2) is 7.47. The first-order chi connectivity index (χ1) is 10.9. The molecule has 0 fully saturated rings. The Labute approximate surface area is 140 Å². The van der Waals surface area contributed by atoms with Gasteiger partial charge < -0.3 is 10.3 Å². The van der Waals surface area contributed by atoms with Crippen molar-refractivity contribution in [2.24, 2.45) is 0 Å². The average molecular weight is 333 g/mol. The number of carbonyl (C=O) groups is 1. The van der Waals surface area contributed by atoms with Crippen LogP contribution in [0.2, 0.25) is 5.02 Å². The zero-order valence-corrected chi connectivity index (χ0v) is 14.4. The van der Waals surface area contributed by atoms with Crippen LogP contribution in [-0.4, -0.2) is 10.9 Å². The molecule has 1 aromatic carbocycles. The van der Waals surface area contributed by atoms with Gasteiger partial charge in [-0.05, 0) is 56.0 Å². The summed E-state index contributed by atoms with van der Waals surface area (Å²) in [5, 5.41) is 3.52. The number of aryl methyl sites for hydroxylation is 4. The van der Waals surface area contributed by atoms with Crippen LogP contribution < -0.4 is 10.9 Å². The van der Waals surface area contributed by atoms with Gasteiger partial charge in [-0.15, -0.1) is 0 Å². The fraction of sp³-hybridized carbons (Fsp3) is 0.333. The molecule has 0 aliphatic carbocycles. The summed E-state index contributed by atoms with van der Waals surface area (Å²) < 4.78 is 0. The molecule has 0 aliphatic rings. The standard InChI is InChI=1S/C18H21ClN2O2/c1-11-4-5-14(9-16(11)19)6-7-17(22)20-10-15-12(2)8-13(3)21-18(15)23/h4-5,8-9H,6-7,10H2,1-3H3,(H,20,22)(H,21,23). The molecule has 2 rings (SSSR count). The van der Waals surface area contributed by atoms with E-state index in [9.17, 15) is 9.59 Å². The number of hydrogen-bond acceptors (Lipinski definition) is 2. The maximum absolute atomic E-state index is 12.0. The highest BCUT2D eigenvalue weighted by Crippen LogP contribution is 2.17. The van der Waals surface area contributed by atoms with E-state index in [1.807, 2.05) is 45.0 Å². The summed E-state index contributed by atoms with van der Waals surface area (Å²) in [6, 6.07) is 7.71.